The molecule has 1 aromatic heterocycles. The third-order valence-corrected chi connectivity index (χ3v) is 7.97. The van der Waals surface area contributed by atoms with E-state index >= 15 is 0 Å². The van der Waals surface area contributed by atoms with E-state index in [0.717, 1.165) is 40.7 Å². The Bertz CT molecular complexity index is 1530. The molecule has 1 amide bonds. The topological polar surface area (TPSA) is 115 Å². The van der Waals surface area contributed by atoms with Crippen LogP contribution in [0.15, 0.2) is 59.5 Å². The zero-order valence-electron chi connectivity index (χ0n) is 21.2. The average molecular weight is 603 g/mol. The van der Waals surface area contributed by atoms with Gasteiger partial charge in [-0.05, 0) is 67.3 Å². The number of hydrogen-bond donors (Lipinski definition) is 2. The summed E-state index contributed by atoms with van der Waals surface area (Å²) in [5.41, 5.74) is 5.11. The van der Waals surface area contributed by atoms with Crippen LogP contribution >= 0.6 is 0 Å². The van der Waals surface area contributed by atoms with Crippen molar-refractivity contribution in [1.82, 2.24) is 4.98 Å². The van der Waals surface area contributed by atoms with Gasteiger partial charge in [0.05, 0.1) is 22.8 Å². The fraction of sp³-hybridized carbons (Fsp3) is 0.308. The van der Waals surface area contributed by atoms with Gasteiger partial charge in [-0.1, -0.05) is 18.6 Å². The Kier molecular flexibility index (Phi) is 8.38. The summed E-state index contributed by atoms with van der Waals surface area (Å²) < 4.78 is 110. The predicted octanol–water partition coefficient (Wildman–Crippen LogP) is 6.04. The molecule has 0 spiro atoms. The number of amides is 1. The van der Waals surface area contributed by atoms with E-state index in [2.05, 4.69) is 15.0 Å². The van der Waals surface area contributed by atoms with Gasteiger partial charge in [-0.3, -0.25) is 9.10 Å². The normalized spacial score (nSPS) is 13.6. The van der Waals surface area contributed by atoms with Gasteiger partial charge in [-0.25, -0.2) is 13.4 Å². The highest BCUT2D eigenvalue weighted by atomic mass is 32.2. The Labute approximate surface area is 231 Å². The number of rotatable bonds is 9. The van der Waals surface area contributed by atoms with E-state index in [1.54, 1.807) is 12.1 Å². The molecule has 2 heterocycles. The van der Waals surface area contributed by atoms with Crippen molar-refractivity contribution >= 4 is 33.1 Å². The van der Waals surface area contributed by atoms with Gasteiger partial charge in [-0.2, -0.15) is 13.2 Å². The van der Waals surface area contributed by atoms with Gasteiger partial charge in [0.25, 0.3) is 10.0 Å². The molecule has 0 aliphatic carbocycles. The number of unbranched alkanes of at least 4 members (excludes halogenated alkanes) is 2. The van der Waals surface area contributed by atoms with E-state index in [9.17, 15) is 39.6 Å². The Hall–Kier alpha value is -4.01. The number of alkyl halides is 6. The second-order valence-corrected chi connectivity index (χ2v) is 11.1. The fourth-order valence-electron chi connectivity index (χ4n) is 4.25. The van der Waals surface area contributed by atoms with Gasteiger partial charge in [-0.15, -0.1) is 13.2 Å². The first-order valence-electron chi connectivity index (χ1n) is 12.3. The van der Waals surface area contributed by atoms with Crippen LogP contribution in [0.3, 0.4) is 0 Å². The summed E-state index contributed by atoms with van der Waals surface area (Å²) in [6, 6.07) is 10.2. The van der Waals surface area contributed by atoms with E-state index in [4.69, 9.17) is 5.73 Å². The molecule has 41 heavy (non-hydrogen) atoms. The number of ether oxygens (including phenoxy) is 1. The smallest absolute Gasteiger partial charge is 0.406 e. The van der Waals surface area contributed by atoms with E-state index in [0.29, 0.717) is 31.2 Å². The van der Waals surface area contributed by atoms with Crippen LogP contribution in [0.2, 0.25) is 0 Å². The van der Waals surface area contributed by atoms with Crippen molar-refractivity contribution in [1.29, 1.82) is 0 Å². The predicted molar refractivity (Wildman–Crippen MR) is 137 cm³/mol. The average Bonchev–Trinajstić information content (AvgIpc) is 3.03. The third kappa shape index (κ3) is 7.39. The third-order valence-electron chi connectivity index (χ3n) is 6.20. The molecule has 8 nitrogen and oxygen atoms in total. The summed E-state index contributed by atoms with van der Waals surface area (Å²) in [6.07, 6.45) is -7.05. The Morgan fingerprint density at radius 1 is 0.976 bits per heavy atom. The number of fused-ring (bicyclic) bond motifs is 2. The number of primary amides is 1. The first kappa shape index (κ1) is 30.0. The number of benzene rings is 2. The molecule has 4 rings (SSSR count). The van der Waals surface area contributed by atoms with Crippen LogP contribution < -0.4 is 20.1 Å². The van der Waals surface area contributed by atoms with Gasteiger partial charge in [0.15, 0.2) is 0 Å². The lowest BCUT2D eigenvalue weighted by Gasteiger charge is -2.25. The molecule has 1 aliphatic rings. The van der Waals surface area contributed by atoms with Crippen LogP contribution in [0.5, 0.6) is 5.75 Å². The lowest BCUT2D eigenvalue weighted by molar-refractivity contribution is -0.274. The van der Waals surface area contributed by atoms with Crippen molar-refractivity contribution in [3.05, 3.63) is 71.4 Å². The van der Waals surface area contributed by atoms with Gasteiger partial charge < -0.3 is 15.8 Å². The lowest BCUT2D eigenvalue weighted by Crippen LogP contribution is -2.30. The number of aromatic nitrogens is 1. The van der Waals surface area contributed by atoms with Gasteiger partial charge >= 0.3 is 12.5 Å². The number of nitrogens with two attached hydrogens (primary N) is 1. The largest absolute Gasteiger partial charge is 0.573 e. The number of halogens is 6. The maximum atomic E-state index is 13.8. The molecule has 0 unspecified atom stereocenters. The van der Waals surface area contributed by atoms with Crippen molar-refractivity contribution in [3.63, 3.8) is 0 Å². The number of aryl methyl sites for hydroxylation is 1. The first-order valence-corrected chi connectivity index (χ1v) is 13.7. The van der Waals surface area contributed by atoms with Crippen LogP contribution in [0.1, 0.15) is 42.5 Å². The zero-order valence-corrected chi connectivity index (χ0v) is 22.0. The molecular formula is C26H24F6N4O4S. The van der Waals surface area contributed by atoms with Crippen LogP contribution in [0, 0.1) is 0 Å². The van der Waals surface area contributed by atoms with Crippen molar-refractivity contribution in [2.24, 2.45) is 5.73 Å². The zero-order chi connectivity index (χ0) is 30.0. The second-order valence-electron chi connectivity index (χ2n) is 9.24. The van der Waals surface area contributed by atoms with Crippen LogP contribution in [0.4, 0.5) is 43.5 Å². The summed E-state index contributed by atoms with van der Waals surface area (Å²) >= 11 is 0. The van der Waals surface area contributed by atoms with Gasteiger partial charge in [0, 0.05) is 12.0 Å². The van der Waals surface area contributed by atoms with Crippen molar-refractivity contribution in [3.8, 4) is 5.75 Å². The molecule has 0 saturated heterocycles. The SMILES string of the molecule is NC(=O)CCCCCc1ccc2c(c1)N(S(=O)(=O)c1ccc(OC(F)(F)F)cc1)Cc1ccc(C(F)(F)F)nc1N2. The summed E-state index contributed by atoms with van der Waals surface area (Å²) in [5, 5.41) is 2.81. The minimum atomic E-state index is -4.97. The molecule has 2 aromatic carbocycles. The number of pyridine rings is 1. The van der Waals surface area contributed by atoms with E-state index in [1.165, 1.54) is 6.07 Å². The highest BCUT2D eigenvalue weighted by Gasteiger charge is 2.36. The maximum absolute atomic E-state index is 13.8. The van der Waals surface area contributed by atoms with Crippen molar-refractivity contribution in [2.75, 3.05) is 9.62 Å². The Balaban J connectivity index is 1.72. The first-order chi connectivity index (χ1) is 19.1. The number of anilines is 3. The molecule has 15 heteroatoms. The molecule has 0 radical (unpaired) electrons. The second kappa shape index (κ2) is 11.5. The van der Waals surface area contributed by atoms with Gasteiger partial charge in [0.1, 0.15) is 17.3 Å². The van der Waals surface area contributed by atoms with Crippen LogP contribution in [-0.4, -0.2) is 25.7 Å². The Morgan fingerprint density at radius 3 is 2.32 bits per heavy atom. The molecule has 1 aliphatic heterocycles. The highest BCUT2D eigenvalue weighted by Crippen LogP contribution is 2.40. The molecule has 3 N–H and O–H groups in total. The summed E-state index contributed by atoms with van der Waals surface area (Å²) in [4.78, 5) is 14.3. The lowest BCUT2D eigenvalue weighted by atomic mass is 10.0. The van der Waals surface area contributed by atoms with Gasteiger partial charge in [0.2, 0.25) is 5.91 Å². The van der Waals surface area contributed by atoms with E-state index in [1.807, 2.05) is 0 Å². The summed E-state index contributed by atoms with van der Waals surface area (Å²) in [7, 11) is -4.44. The number of sulfonamides is 1. The Morgan fingerprint density at radius 2 is 1.68 bits per heavy atom. The molecule has 0 fully saturated rings. The van der Waals surface area contributed by atoms with Crippen LogP contribution in [0.25, 0.3) is 0 Å². The molecule has 220 valence electrons. The standard InChI is InChI=1S/C26H24F6N4O4S/c27-25(28,29)22-13-7-17-15-36(41(38,39)19-10-8-18(9-11-19)40-26(30,31)32)21-14-16(4-2-1-3-5-23(33)37)6-12-20(21)34-24(17)35-22/h6-14H,1-5,15H2,(H2,33,37)(H,34,35). The molecular weight excluding hydrogens is 578 g/mol. The maximum Gasteiger partial charge on any atom is 0.573 e. The number of carbonyl (C=O) groups excluding carboxylic acids is 1. The van der Waals surface area contributed by atoms with E-state index in [-0.39, 0.29) is 34.1 Å². The molecule has 0 saturated carbocycles. The number of hydrogen-bond acceptors (Lipinski definition) is 6. The summed E-state index contributed by atoms with van der Waals surface area (Å²) in [5.74, 6) is -1.23. The number of carbonyl (C=O) groups is 1. The number of nitrogens with one attached hydrogen (secondary N) is 1. The molecule has 3 aromatic rings. The number of nitrogens with zero attached hydrogens (tertiary/aromatic N) is 2. The van der Waals surface area contributed by atoms with Crippen molar-refractivity contribution < 1.29 is 44.3 Å². The van der Waals surface area contributed by atoms with Crippen molar-refractivity contribution in [2.45, 2.75) is 56.1 Å². The highest BCUT2D eigenvalue weighted by molar-refractivity contribution is 7.92. The van der Waals surface area contributed by atoms with E-state index < -0.39 is 46.5 Å². The quantitative estimate of drug-likeness (QED) is 0.228. The molecule has 0 bridgehead atoms. The minimum absolute atomic E-state index is 0.113. The molecule has 0 atom stereocenters. The monoisotopic (exact) mass is 602 g/mol. The fourth-order valence-corrected chi connectivity index (χ4v) is 5.71. The van der Waals surface area contributed by atoms with Crippen LogP contribution in [-0.2, 0) is 34.0 Å². The summed E-state index contributed by atoms with van der Waals surface area (Å²) in [6.45, 7) is -0.411. The minimum Gasteiger partial charge on any atom is -0.406 e.